The maximum absolute atomic E-state index is 11.1. The van der Waals surface area contributed by atoms with Gasteiger partial charge in [-0.3, -0.25) is 4.79 Å². The highest BCUT2D eigenvalue weighted by Gasteiger charge is 2.40. The van der Waals surface area contributed by atoms with Crippen LogP contribution in [-0.2, 0) is 9.59 Å². The number of hydrogen-bond donors (Lipinski definition) is 3. The van der Waals surface area contributed by atoms with Crippen molar-refractivity contribution in [2.45, 2.75) is 18.6 Å². The van der Waals surface area contributed by atoms with Crippen molar-refractivity contribution in [2.24, 2.45) is 5.73 Å². The Balaban J connectivity index is 2.75. The number of likely N-dealkylation sites (tertiary alicyclic amines) is 1. The summed E-state index contributed by atoms with van der Waals surface area (Å²) in [7, 11) is 0. The highest BCUT2D eigenvalue weighted by molar-refractivity contribution is 5.85. The first-order valence-electron chi connectivity index (χ1n) is 3.98. The Hall–Kier alpha value is -1.14. The van der Waals surface area contributed by atoms with Gasteiger partial charge in [0.1, 0.15) is 0 Å². The lowest BCUT2D eigenvalue weighted by atomic mass is 10.2. The fourth-order valence-electron chi connectivity index (χ4n) is 1.47. The lowest BCUT2D eigenvalue weighted by Gasteiger charge is -2.21. The van der Waals surface area contributed by atoms with Gasteiger partial charge in [-0.05, 0) is 6.42 Å². The number of nitrogens with two attached hydrogens (primary N) is 1. The number of aliphatic carboxylic acids is 1. The van der Waals surface area contributed by atoms with E-state index < -0.39 is 24.0 Å². The van der Waals surface area contributed by atoms with Crippen LogP contribution >= 0.6 is 0 Å². The topological polar surface area (TPSA) is 104 Å². The quantitative estimate of drug-likeness (QED) is 0.464. The largest absolute Gasteiger partial charge is 0.480 e. The number of amides is 1. The second-order valence-electron chi connectivity index (χ2n) is 2.93. The fourth-order valence-corrected chi connectivity index (χ4v) is 1.47. The van der Waals surface area contributed by atoms with Gasteiger partial charge in [-0.25, -0.2) is 4.79 Å². The smallest absolute Gasteiger partial charge is 0.329 e. The first-order chi connectivity index (χ1) is 6.07. The highest BCUT2D eigenvalue weighted by atomic mass is 16.4. The minimum atomic E-state index is -1.19. The Morgan fingerprint density at radius 3 is 2.62 bits per heavy atom. The van der Waals surface area contributed by atoms with Crippen molar-refractivity contribution in [3.8, 4) is 0 Å². The molecule has 0 radical (unpaired) electrons. The van der Waals surface area contributed by atoms with E-state index in [-0.39, 0.29) is 13.1 Å². The predicted molar refractivity (Wildman–Crippen MR) is 42.8 cm³/mol. The van der Waals surface area contributed by atoms with E-state index in [1.807, 2.05) is 0 Å². The molecule has 0 spiro atoms. The van der Waals surface area contributed by atoms with E-state index in [4.69, 9.17) is 10.8 Å². The number of nitrogens with zero attached hydrogens (tertiary/aromatic N) is 1. The number of carboxylic acids is 1. The van der Waals surface area contributed by atoms with Crippen LogP contribution in [0.5, 0.6) is 0 Å². The molecule has 0 aromatic rings. The summed E-state index contributed by atoms with van der Waals surface area (Å²) in [6.45, 7) is 0.0324. The van der Waals surface area contributed by atoms with Crippen molar-refractivity contribution in [3.63, 3.8) is 0 Å². The Morgan fingerprint density at radius 2 is 2.15 bits per heavy atom. The molecule has 0 aliphatic carbocycles. The summed E-state index contributed by atoms with van der Waals surface area (Å²) in [6.07, 6.45) is -0.684. The number of aliphatic hydroxyl groups excluding tert-OH is 1. The summed E-state index contributed by atoms with van der Waals surface area (Å²) < 4.78 is 0. The standard InChI is InChI=1S/C7H12N2O4/c8-3-5(11)9-2-1-4(10)6(9)7(12)13/h4,6,10H,1-3,8H2,(H,12,13)/t4?,6-/m0/s1. The predicted octanol–water partition coefficient (Wildman–Crippen LogP) is -2.01. The average molecular weight is 188 g/mol. The van der Waals surface area contributed by atoms with Crippen LogP contribution in [0.4, 0.5) is 0 Å². The van der Waals surface area contributed by atoms with Gasteiger partial charge in [0.25, 0.3) is 0 Å². The lowest BCUT2D eigenvalue weighted by Crippen LogP contribution is -2.47. The number of aliphatic hydroxyl groups is 1. The van der Waals surface area contributed by atoms with Gasteiger partial charge in [0.2, 0.25) is 5.91 Å². The van der Waals surface area contributed by atoms with Gasteiger partial charge in [0, 0.05) is 6.54 Å². The van der Waals surface area contributed by atoms with Crippen LogP contribution in [0.1, 0.15) is 6.42 Å². The van der Waals surface area contributed by atoms with Crippen LogP contribution in [0.2, 0.25) is 0 Å². The summed E-state index contributed by atoms with van der Waals surface area (Å²) in [5.74, 6) is -1.63. The van der Waals surface area contributed by atoms with Crippen LogP contribution < -0.4 is 5.73 Å². The number of carbonyl (C=O) groups excluding carboxylic acids is 1. The first kappa shape index (κ1) is 9.94. The third kappa shape index (κ3) is 1.78. The molecule has 6 nitrogen and oxygen atoms in total. The van der Waals surface area contributed by atoms with Crippen LogP contribution in [0.25, 0.3) is 0 Å². The van der Waals surface area contributed by atoms with Crippen molar-refractivity contribution in [2.75, 3.05) is 13.1 Å². The molecule has 1 aliphatic heterocycles. The molecule has 1 heterocycles. The number of carboxylic acid groups (broad SMARTS) is 1. The minimum absolute atomic E-state index is 0.226. The maximum atomic E-state index is 11.1. The number of carbonyl (C=O) groups is 2. The second-order valence-corrected chi connectivity index (χ2v) is 2.93. The molecule has 1 amide bonds. The molecular weight excluding hydrogens is 176 g/mol. The van der Waals surface area contributed by atoms with E-state index in [0.717, 1.165) is 4.90 Å². The van der Waals surface area contributed by atoms with Gasteiger partial charge >= 0.3 is 5.97 Å². The molecule has 0 aromatic carbocycles. The normalized spacial score (nSPS) is 27.7. The van der Waals surface area contributed by atoms with Gasteiger partial charge in [0.05, 0.1) is 12.6 Å². The SMILES string of the molecule is NCC(=O)N1CCC(O)[C@H]1C(=O)O. The van der Waals surface area contributed by atoms with Crippen molar-refractivity contribution in [1.82, 2.24) is 4.90 Å². The summed E-state index contributed by atoms with van der Waals surface area (Å²) in [6, 6.07) is -1.13. The zero-order valence-corrected chi connectivity index (χ0v) is 7.01. The summed E-state index contributed by atoms with van der Waals surface area (Å²) in [5.41, 5.74) is 5.09. The lowest BCUT2D eigenvalue weighted by molar-refractivity contribution is -0.150. The summed E-state index contributed by atoms with van der Waals surface area (Å²) >= 11 is 0. The zero-order valence-electron chi connectivity index (χ0n) is 7.01. The highest BCUT2D eigenvalue weighted by Crippen LogP contribution is 2.17. The monoisotopic (exact) mass is 188 g/mol. The van der Waals surface area contributed by atoms with Crippen LogP contribution in [-0.4, -0.2) is 52.2 Å². The minimum Gasteiger partial charge on any atom is -0.480 e. The zero-order chi connectivity index (χ0) is 10.0. The van der Waals surface area contributed by atoms with Crippen LogP contribution in [0, 0.1) is 0 Å². The maximum Gasteiger partial charge on any atom is 0.329 e. The van der Waals surface area contributed by atoms with Gasteiger partial charge < -0.3 is 20.8 Å². The van der Waals surface area contributed by atoms with Gasteiger partial charge in [-0.2, -0.15) is 0 Å². The van der Waals surface area contributed by atoms with Crippen LogP contribution in [0.3, 0.4) is 0 Å². The summed E-state index contributed by atoms with van der Waals surface area (Å²) in [5, 5.41) is 18.0. The Labute approximate surface area is 74.9 Å². The van der Waals surface area contributed by atoms with E-state index >= 15 is 0 Å². The molecule has 0 bridgehead atoms. The molecular formula is C7H12N2O4. The van der Waals surface area contributed by atoms with E-state index in [0.29, 0.717) is 6.42 Å². The van der Waals surface area contributed by atoms with Gasteiger partial charge in [-0.1, -0.05) is 0 Å². The second kappa shape index (κ2) is 3.71. The number of hydrogen-bond acceptors (Lipinski definition) is 4. The third-order valence-corrected chi connectivity index (χ3v) is 2.11. The molecule has 74 valence electrons. The molecule has 1 fully saturated rings. The Morgan fingerprint density at radius 1 is 1.54 bits per heavy atom. The third-order valence-electron chi connectivity index (χ3n) is 2.11. The molecule has 1 saturated heterocycles. The molecule has 13 heavy (non-hydrogen) atoms. The Kier molecular flexibility index (Phi) is 2.84. The molecule has 0 saturated carbocycles. The molecule has 4 N–H and O–H groups in total. The summed E-state index contributed by atoms with van der Waals surface area (Å²) in [4.78, 5) is 22.9. The van der Waals surface area contributed by atoms with Gasteiger partial charge in [0.15, 0.2) is 6.04 Å². The van der Waals surface area contributed by atoms with Crippen molar-refractivity contribution in [1.29, 1.82) is 0 Å². The molecule has 1 unspecified atom stereocenters. The molecule has 1 aliphatic rings. The van der Waals surface area contributed by atoms with E-state index in [2.05, 4.69) is 0 Å². The fraction of sp³-hybridized carbons (Fsp3) is 0.714. The molecule has 6 heteroatoms. The molecule has 0 aromatic heterocycles. The average Bonchev–Trinajstić information content (AvgIpc) is 2.45. The first-order valence-corrected chi connectivity index (χ1v) is 3.98. The van der Waals surface area contributed by atoms with Gasteiger partial charge in [-0.15, -0.1) is 0 Å². The molecule has 1 rings (SSSR count). The van der Waals surface area contributed by atoms with Crippen LogP contribution in [0.15, 0.2) is 0 Å². The van der Waals surface area contributed by atoms with E-state index in [1.54, 1.807) is 0 Å². The van der Waals surface area contributed by atoms with Crippen molar-refractivity contribution >= 4 is 11.9 Å². The molecule has 2 atom stereocenters. The van der Waals surface area contributed by atoms with Crippen molar-refractivity contribution in [3.05, 3.63) is 0 Å². The Bertz CT molecular complexity index is 231. The van der Waals surface area contributed by atoms with E-state index in [9.17, 15) is 14.7 Å². The number of rotatable bonds is 2. The van der Waals surface area contributed by atoms with Crippen molar-refractivity contribution < 1.29 is 19.8 Å². The van der Waals surface area contributed by atoms with E-state index in [1.165, 1.54) is 0 Å².